The van der Waals surface area contributed by atoms with E-state index in [0.29, 0.717) is 23.3 Å². The predicted molar refractivity (Wildman–Crippen MR) is 109 cm³/mol. The van der Waals surface area contributed by atoms with Crippen molar-refractivity contribution in [2.75, 3.05) is 50.2 Å². The lowest BCUT2D eigenvalue weighted by Crippen LogP contribution is -2.46. The fourth-order valence-electron chi connectivity index (χ4n) is 3.27. The van der Waals surface area contributed by atoms with E-state index in [-0.39, 0.29) is 0 Å². The van der Waals surface area contributed by atoms with Gasteiger partial charge in [0, 0.05) is 42.5 Å². The number of anilines is 2. The zero-order valence-electron chi connectivity index (χ0n) is 15.8. The molecule has 3 aromatic rings. The van der Waals surface area contributed by atoms with Crippen LogP contribution in [0.15, 0.2) is 47.0 Å². The fourth-order valence-corrected chi connectivity index (χ4v) is 3.45. The molecule has 1 saturated heterocycles. The molecule has 0 unspecified atom stereocenters. The average molecular weight is 401 g/mol. The van der Waals surface area contributed by atoms with Crippen LogP contribution in [0.5, 0.6) is 11.5 Å². The molecule has 8 heteroatoms. The summed E-state index contributed by atoms with van der Waals surface area (Å²) >= 11 is 6.10. The molecule has 0 bridgehead atoms. The SMILES string of the molecule is COc1ccc(-c2noc(N3CCN(c4cccc(Cl)c4)CC3)n2)cc1OC. The summed E-state index contributed by atoms with van der Waals surface area (Å²) in [5.41, 5.74) is 1.94. The van der Waals surface area contributed by atoms with Crippen LogP contribution in [0.4, 0.5) is 11.7 Å². The van der Waals surface area contributed by atoms with Gasteiger partial charge in [-0.15, -0.1) is 0 Å². The van der Waals surface area contributed by atoms with Crippen molar-refractivity contribution >= 4 is 23.3 Å². The number of hydrogen-bond acceptors (Lipinski definition) is 7. The topological polar surface area (TPSA) is 63.9 Å². The number of halogens is 1. The molecule has 146 valence electrons. The Morgan fingerprint density at radius 3 is 2.39 bits per heavy atom. The zero-order valence-corrected chi connectivity index (χ0v) is 16.5. The van der Waals surface area contributed by atoms with Crippen LogP contribution in [0.25, 0.3) is 11.4 Å². The normalized spacial score (nSPS) is 14.2. The minimum Gasteiger partial charge on any atom is -0.493 e. The number of nitrogens with zero attached hydrogens (tertiary/aromatic N) is 4. The summed E-state index contributed by atoms with van der Waals surface area (Å²) in [7, 11) is 3.20. The largest absolute Gasteiger partial charge is 0.493 e. The van der Waals surface area contributed by atoms with E-state index < -0.39 is 0 Å². The Labute approximate surface area is 168 Å². The third kappa shape index (κ3) is 3.71. The van der Waals surface area contributed by atoms with E-state index in [1.807, 2.05) is 36.4 Å². The molecule has 4 rings (SSSR count). The van der Waals surface area contributed by atoms with Crippen molar-refractivity contribution in [3.05, 3.63) is 47.5 Å². The lowest BCUT2D eigenvalue weighted by atomic mass is 10.2. The molecule has 0 atom stereocenters. The minimum absolute atomic E-state index is 0.522. The van der Waals surface area contributed by atoms with Crippen molar-refractivity contribution in [2.45, 2.75) is 0 Å². The molecule has 1 aliphatic heterocycles. The first-order chi connectivity index (χ1) is 13.7. The van der Waals surface area contributed by atoms with E-state index >= 15 is 0 Å². The molecule has 0 spiro atoms. The van der Waals surface area contributed by atoms with Gasteiger partial charge in [-0.25, -0.2) is 0 Å². The summed E-state index contributed by atoms with van der Waals surface area (Å²) in [6, 6.07) is 14.0. The number of piperazine rings is 1. The molecule has 0 radical (unpaired) electrons. The molecule has 0 saturated carbocycles. The standard InChI is InChI=1S/C20H21ClN4O3/c1-26-17-7-6-14(12-18(17)27-2)19-22-20(28-23-19)25-10-8-24(9-11-25)16-5-3-4-15(21)13-16/h3-7,12-13H,8-11H2,1-2H3. The molecule has 0 aliphatic carbocycles. The van der Waals surface area contributed by atoms with Crippen molar-refractivity contribution in [3.8, 4) is 22.9 Å². The van der Waals surface area contributed by atoms with Gasteiger partial charge in [-0.05, 0) is 36.4 Å². The van der Waals surface area contributed by atoms with Crippen molar-refractivity contribution in [2.24, 2.45) is 0 Å². The van der Waals surface area contributed by atoms with Crippen LogP contribution in [0.3, 0.4) is 0 Å². The Kier molecular flexibility index (Phi) is 5.25. The van der Waals surface area contributed by atoms with Gasteiger partial charge in [-0.3, -0.25) is 0 Å². The zero-order chi connectivity index (χ0) is 19.5. The fraction of sp³-hybridized carbons (Fsp3) is 0.300. The van der Waals surface area contributed by atoms with Crippen LogP contribution in [0.2, 0.25) is 5.02 Å². The van der Waals surface area contributed by atoms with Gasteiger partial charge >= 0.3 is 6.01 Å². The van der Waals surface area contributed by atoms with Crippen LogP contribution in [0.1, 0.15) is 0 Å². The maximum absolute atomic E-state index is 6.10. The molecule has 2 heterocycles. The van der Waals surface area contributed by atoms with Crippen molar-refractivity contribution in [3.63, 3.8) is 0 Å². The van der Waals surface area contributed by atoms with E-state index in [2.05, 4.69) is 26.0 Å². The third-order valence-electron chi connectivity index (χ3n) is 4.78. The maximum Gasteiger partial charge on any atom is 0.324 e. The predicted octanol–water partition coefficient (Wildman–Crippen LogP) is 3.73. The maximum atomic E-state index is 6.10. The van der Waals surface area contributed by atoms with Crippen molar-refractivity contribution in [1.82, 2.24) is 10.1 Å². The summed E-state index contributed by atoms with van der Waals surface area (Å²) in [6.07, 6.45) is 0. The molecule has 1 fully saturated rings. The summed E-state index contributed by atoms with van der Waals surface area (Å²) in [5.74, 6) is 1.81. The van der Waals surface area contributed by atoms with E-state index in [4.69, 9.17) is 25.6 Å². The van der Waals surface area contributed by atoms with E-state index in [1.165, 1.54) is 0 Å². The van der Waals surface area contributed by atoms with Gasteiger partial charge in [0.2, 0.25) is 5.82 Å². The Bertz CT molecular complexity index is 954. The van der Waals surface area contributed by atoms with Gasteiger partial charge in [-0.1, -0.05) is 22.8 Å². The van der Waals surface area contributed by atoms with E-state index in [0.717, 1.165) is 42.5 Å². The van der Waals surface area contributed by atoms with Crippen molar-refractivity contribution in [1.29, 1.82) is 0 Å². The highest BCUT2D eigenvalue weighted by Crippen LogP contribution is 2.32. The number of benzene rings is 2. The van der Waals surface area contributed by atoms with Crippen molar-refractivity contribution < 1.29 is 14.0 Å². The first-order valence-corrected chi connectivity index (χ1v) is 9.37. The quantitative estimate of drug-likeness (QED) is 0.646. The number of aromatic nitrogens is 2. The first-order valence-electron chi connectivity index (χ1n) is 8.99. The number of methoxy groups -OCH3 is 2. The second-order valence-electron chi connectivity index (χ2n) is 6.42. The second-order valence-corrected chi connectivity index (χ2v) is 6.86. The average Bonchev–Trinajstić information content (AvgIpc) is 3.23. The Morgan fingerprint density at radius 2 is 1.68 bits per heavy atom. The molecule has 1 aliphatic rings. The van der Waals surface area contributed by atoms with Gasteiger partial charge < -0.3 is 23.8 Å². The van der Waals surface area contributed by atoms with Crippen LogP contribution in [-0.2, 0) is 0 Å². The Morgan fingerprint density at radius 1 is 0.929 bits per heavy atom. The number of ether oxygens (including phenoxy) is 2. The van der Waals surface area contributed by atoms with Gasteiger partial charge in [-0.2, -0.15) is 4.98 Å². The summed E-state index contributed by atoms with van der Waals surface area (Å²) in [6.45, 7) is 3.29. The lowest BCUT2D eigenvalue weighted by Gasteiger charge is -2.35. The smallest absolute Gasteiger partial charge is 0.324 e. The Balaban J connectivity index is 1.45. The van der Waals surface area contributed by atoms with E-state index in [1.54, 1.807) is 14.2 Å². The van der Waals surface area contributed by atoms with Crippen LogP contribution in [-0.4, -0.2) is 50.5 Å². The highest BCUT2D eigenvalue weighted by atomic mass is 35.5. The Hall–Kier alpha value is -2.93. The lowest BCUT2D eigenvalue weighted by molar-refractivity contribution is 0.355. The molecule has 28 heavy (non-hydrogen) atoms. The molecule has 0 N–H and O–H groups in total. The van der Waals surface area contributed by atoms with Gasteiger partial charge in [0.25, 0.3) is 0 Å². The highest BCUT2D eigenvalue weighted by molar-refractivity contribution is 6.30. The number of rotatable bonds is 5. The van der Waals surface area contributed by atoms with E-state index in [9.17, 15) is 0 Å². The summed E-state index contributed by atoms with van der Waals surface area (Å²) in [4.78, 5) is 8.95. The van der Waals surface area contributed by atoms with Gasteiger partial charge in [0.05, 0.1) is 14.2 Å². The third-order valence-corrected chi connectivity index (χ3v) is 5.02. The minimum atomic E-state index is 0.522. The highest BCUT2D eigenvalue weighted by Gasteiger charge is 2.22. The molecular formula is C20H21ClN4O3. The second kappa shape index (κ2) is 7.98. The van der Waals surface area contributed by atoms with Crippen LogP contribution >= 0.6 is 11.6 Å². The monoisotopic (exact) mass is 400 g/mol. The summed E-state index contributed by atoms with van der Waals surface area (Å²) in [5, 5.41) is 4.87. The summed E-state index contributed by atoms with van der Waals surface area (Å²) < 4.78 is 16.1. The number of hydrogen-bond donors (Lipinski definition) is 0. The molecule has 7 nitrogen and oxygen atoms in total. The van der Waals surface area contributed by atoms with Gasteiger partial charge in [0.1, 0.15) is 0 Å². The molecule has 2 aromatic carbocycles. The van der Waals surface area contributed by atoms with Gasteiger partial charge in [0.15, 0.2) is 11.5 Å². The molecule has 1 aromatic heterocycles. The van der Waals surface area contributed by atoms with Crippen LogP contribution < -0.4 is 19.3 Å². The molecule has 0 amide bonds. The first kappa shape index (κ1) is 18.4. The molecular weight excluding hydrogens is 380 g/mol. The van der Waals surface area contributed by atoms with Crippen LogP contribution in [0, 0.1) is 0 Å².